The molecule has 122 valence electrons. The molecule has 2 amide bonds. The standard InChI is InChI=1S/C15H29N3O3/c1-13(18-10-6-3-7-11-18)12-17-15(21)16-9-5-2-4-8-14(19)20/h13H,2-12H2,1H3,(H,19,20)(H2,16,17,21). The Morgan fingerprint density at radius 2 is 1.81 bits per heavy atom. The number of rotatable bonds is 9. The number of aliphatic carboxylic acids is 1. The zero-order chi connectivity index (χ0) is 15.5. The van der Waals surface area contributed by atoms with Gasteiger partial charge < -0.3 is 15.7 Å². The summed E-state index contributed by atoms with van der Waals surface area (Å²) in [4.78, 5) is 24.4. The predicted octanol–water partition coefficient (Wildman–Crippen LogP) is 1.80. The van der Waals surface area contributed by atoms with Crippen LogP contribution < -0.4 is 10.6 Å². The number of unbranched alkanes of at least 4 members (excludes halogenated alkanes) is 2. The maximum atomic E-state index is 11.6. The summed E-state index contributed by atoms with van der Waals surface area (Å²) in [5.74, 6) is -0.757. The van der Waals surface area contributed by atoms with Crippen LogP contribution in [0.1, 0.15) is 51.9 Å². The summed E-state index contributed by atoms with van der Waals surface area (Å²) in [5, 5.41) is 14.2. The highest BCUT2D eigenvalue weighted by atomic mass is 16.4. The van der Waals surface area contributed by atoms with E-state index < -0.39 is 5.97 Å². The highest BCUT2D eigenvalue weighted by Crippen LogP contribution is 2.11. The number of hydrogen-bond donors (Lipinski definition) is 3. The molecule has 21 heavy (non-hydrogen) atoms. The molecule has 0 aliphatic carbocycles. The second kappa shape index (κ2) is 10.4. The maximum absolute atomic E-state index is 11.6. The van der Waals surface area contributed by atoms with Crippen LogP contribution in [0.5, 0.6) is 0 Å². The summed E-state index contributed by atoms with van der Waals surface area (Å²) in [7, 11) is 0. The lowest BCUT2D eigenvalue weighted by molar-refractivity contribution is -0.137. The smallest absolute Gasteiger partial charge is 0.314 e. The number of likely N-dealkylation sites (tertiary alicyclic amines) is 1. The molecule has 0 aromatic carbocycles. The molecule has 6 nitrogen and oxygen atoms in total. The third kappa shape index (κ3) is 8.55. The lowest BCUT2D eigenvalue weighted by atomic mass is 10.1. The van der Waals surface area contributed by atoms with Gasteiger partial charge in [0.2, 0.25) is 0 Å². The number of urea groups is 1. The molecule has 1 aliphatic rings. The van der Waals surface area contributed by atoms with Gasteiger partial charge in [-0.25, -0.2) is 4.79 Å². The first-order valence-electron chi connectivity index (χ1n) is 8.07. The van der Waals surface area contributed by atoms with Crippen LogP contribution in [0.2, 0.25) is 0 Å². The zero-order valence-electron chi connectivity index (χ0n) is 13.1. The van der Waals surface area contributed by atoms with Crippen molar-refractivity contribution in [2.45, 2.75) is 57.9 Å². The Kier molecular flexibility index (Phi) is 8.82. The van der Waals surface area contributed by atoms with E-state index in [0.717, 1.165) is 25.9 Å². The third-order valence-electron chi connectivity index (χ3n) is 3.93. The van der Waals surface area contributed by atoms with E-state index in [1.54, 1.807) is 0 Å². The van der Waals surface area contributed by atoms with E-state index >= 15 is 0 Å². The molecule has 3 N–H and O–H groups in total. The summed E-state index contributed by atoms with van der Waals surface area (Å²) < 4.78 is 0. The number of carboxylic acids is 1. The molecule has 1 rings (SSSR count). The predicted molar refractivity (Wildman–Crippen MR) is 82.4 cm³/mol. The van der Waals surface area contributed by atoms with Gasteiger partial charge in [-0.15, -0.1) is 0 Å². The number of carbonyl (C=O) groups excluding carboxylic acids is 1. The minimum atomic E-state index is -0.757. The van der Waals surface area contributed by atoms with Crippen LogP contribution in [0.3, 0.4) is 0 Å². The molecule has 0 aromatic heterocycles. The largest absolute Gasteiger partial charge is 0.481 e. The third-order valence-corrected chi connectivity index (χ3v) is 3.93. The van der Waals surface area contributed by atoms with E-state index in [2.05, 4.69) is 22.5 Å². The number of nitrogens with one attached hydrogen (secondary N) is 2. The first-order valence-corrected chi connectivity index (χ1v) is 8.07. The summed E-state index contributed by atoms with van der Waals surface area (Å²) in [6.07, 6.45) is 6.36. The molecule has 0 spiro atoms. The number of nitrogens with zero attached hydrogens (tertiary/aromatic N) is 1. The van der Waals surface area contributed by atoms with Crippen molar-refractivity contribution < 1.29 is 14.7 Å². The van der Waals surface area contributed by atoms with Gasteiger partial charge in [-0.2, -0.15) is 0 Å². The Morgan fingerprint density at radius 1 is 1.10 bits per heavy atom. The van der Waals surface area contributed by atoms with Crippen molar-refractivity contribution in [2.24, 2.45) is 0 Å². The van der Waals surface area contributed by atoms with Crippen molar-refractivity contribution in [3.05, 3.63) is 0 Å². The van der Waals surface area contributed by atoms with Gasteiger partial charge in [-0.3, -0.25) is 9.69 Å². The second-order valence-electron chi connectivity index (χ2n) is 5.79. The van der Waals surface area contributed by atoms with Gasteiger partial charge >= 0.3 is 12.0 Å². The number of hydrogen-bond acceptors (Lipinski definition) is 3. The number of amides is 2. The molecule has 6 heteroatoms. The van der Waals surface area contributed by atoms with Crippen LogP contribution in [0, 0.1) is 0 Å². The normalized spacial score (nSPS) is 17.2. The van der Waals surface area contributed by atoms with Crippen LogP contribution in [0.4, 0.5) is 4.79 Å². The van der Waals surface area contributed by atoms with Crippen molar-refractivity contribution >= 4 is 12.0 Å². The first-order chi connectivity index (χ1) is 10.1. The van der Waals surface area contributed by atoms with Crippen LogP contribution >= 0.6 is 0 Å². The fraction of sp³-hybridized carbons (Fsp3) is 0.867. The van der Waals surface area contributed by atoms with Gasteiger partial charge in [0.05, 0.1) is 0 Å². The van der Waals surface area contributed by atoms with Crippen molar-refractivity contribution in [3.8, 4) is 0 Å². The monoisotopic (exact) mass is 299 g/mol. The minimum Gasteiger partial charge on any atom is -0.481 e. The quantitative estimate of drug-likeness (QED) is 0.567. The van der Waals surface area contributed by atoms with E-state index in [-0.39, 0.29) is 12.5 Å². The van der Waals surface area contributed by atoms with Gasteiger partial charge in [0.15, 0.2) is 0 Å². The van der Waals surface area contributed by atoms with Gasteiger partial charge in [0.25, 0.3) is 0 Å². The van der Waals surface area contributed by atoms with Gasteiger partial charge in [0.1, 0.15) is 0 Å². The SMILES string of the molecule is CC(CNC(=O)NCCCCCC(=O)O)N1CCCCC1. The van der Waals surface area contributed by atoms with E-state index in [1.807, 2.05) is 0 Å². The zero-order valence-corrected chi connectivity index (χ0v) is 13.1. The van der Waals surface area contributed by atoms with Crippen molar-refractivity contribution in [1.29, 1.82) is 0 Å². The van der Waals surface area contributed by atoms with E-state index in [4.69, 9.17) is 5.11 Å². The number of carboxylic acid groups (broad SMARTS) is 1. The average Bonchev–Trinajstić information content (AvgIpc) is 2.49. The van der Waals surface area contributed by atoms with Crippen LogP contribution in [-0.2, 0) is 4.79 Å². The Balaban J connectivity index is 1.99. The molecule has 0 aromatic rings. The lowest BCUT2D eigenvalue weighted by Gasteiger charge is -2.32. The van der Waals surface area contributed by atoms with Crippen molar-refractivity contribution in [2.75, 3.05) is 26.2 Å². The molecule has 0 bridgehead atoms. The Bertz CT molecular complexity index is 317. The summed E-state index contributed by atoms with van der Waals surface area (Å²) in [6.45, 7) is 5.69. The molecule has 0 saturated carbocycles. The van der Waals surface area contributed by atoms with E-state index in [1.165, 1.54) is 19.3 Å². The fourth-order valence-corrected chi connectivity index (χ4v) is 2.57. The van der Waals surface area contributed by atoms with Crippen LogP contribution in [0.25, 0.3) is 0 Å². The number of piperidine rings is 1. The molecule has 1 aliphatic heterocycles. The molecule has 0 radical (unpaired) electrons. The Hall–Kier alpha value is -1.30. The molecule has 1 unspecified atom stereocenters. The highest BCUT2D eigenvalue weighted by Gasteiger charge is 2.16. The van der Waals surface area contributed by atoms with Crippen molar-refractivity contribution in [1.82, 2.24) is 15.5 Å². The topological polar surface area (TPSA) is 81.7 Å². The molecular weight excluding hydrogens is 270 g/mol. The minimum absolute atomic E-state index is 0.128. The molecule has 1 fully saturated rings. The average molecular weight is 299 g/mol. The number of carbonyl (C=O) groups is 2. The summed E-state index contributed by atoms with van der Waals surface area (Å²) >= 11 is 0. The second-order valence-corrected chi connectivity index (χ2v) is 5.79. The first kappa shape index (κ1) is 17.8. The summed E-state index contributed by atoms with van der Waals surface area (Å²) in [5.41, 5.74) is 0. The van der Waals surface area contributed by atoms with Crippen LogP contribution in [0.15, 0.2) is 0 Å². The molecule has 1 heterocycles. The van der Waals surface area contributed by atoms with E-state index in [9.17, 15) is 9.59 Å². The van der Waals surface area contributed by atoms with Crippen LogP contribution in [-0.4, -0.2) is 54.2 Å². The molecular formula is C15H29N3O3. The van der Waals surface area contributed by atoms with E-state index in [0.29, 0.717) is 25.6 Å². The summed E-state index contributed by atoms with van der Waals surface area (Å²) in [6, 6.07) is 0.253. The molecule has 1 atom stereocenters. The lowest BCUT2D eigenvalue weighted by Crippen LogP contribution is -2.46. The van der Waals surface area contributed by atoms with Crippen molar-refractivity contribution in [3.63, 3.8) is 0 Å². The molecule has 1 saturated heterocycles. The van der Waals surface area contributed by atoms with Gasteiger partial charge in [0, 0.05) is 25.6 Å². The Labute approximate surface area is 127 Å². The van der Waals surface area contributed by atoms with Gasteiger partial charge in [-0.1, -0.05) is 12.8 Å². The Morgan fingerprint density at radius 3 is 2.48 bits per heavy atom. The maximum Gasteiger partial charge on any atom is 0.314 e. The fourth-order valence-electron chi connectivity index (χ4n) is 2.57. The highest BCUT2D eigenvalue weighted by molar-refractivity contribution is 5.73. The van der Waals surface area contributed by atoms with Gasteiger partial charge in [-0.05, 0) is 45.7 Å².